The Bertz CT molecular complexity index is 917. The molecule has 1 N–H and O–H groups in total. The second-order valence-corrected chi connectivity index (χ2v) is 6.62. The van der Waals surface area contributed by atoms with Gasteiger partial charge in [-0.3, -0.25) is 19.3 Å². The second-order valence-electron chi connectivity index (χ2n) is 5.89. The molecule has 2 amide bonds. The Hall–Kier alpha value is -3.01. The van der Waals surface area contributed by atoms with Gasteiger partial charge in [0.25, 0.3) is 11.8 Å². The van der Waals surface area contributed by atoms with E-state index in [0.29, 0.717) is 37.4 Å². The third-order valence-corrected chi connectivity index (χ3v) is 4.65. The van der Waals surface area contributed by atoms with Crippen LogP contribution < -0.4 is 4.72 Å². The SMILES string of the molecule is O=C(c1ccc(N[SH](=O)=O)cc1)N1CCN(C(=O)c2ccncc2F)CC1. The molecule has 0 bridgehead atoms. The average Bonchev–Trinajstić information content (AvgIpc) is 2.67. The Morgan fingerprint density at radius 1 is 0.963 bits per heavy atom. The number of rotatable bonds is 4. The summed E-state index contributed by atoms with van der Waals surface area (Å²) in [5.41, 5.74) is 0.753. The molecule has 1 aromatic carbocycles. The van der Waals surface area contributed by atoms with Gasteiger partial charge in [-0.15, -0.1) is 0 Å². The molecule has 1 aliphatic rings. The van der Waals surface area contributed by atoms with E-state index in [1.54, 1.807) is 4.90 Å². The lowest BCUT2D eigenvalue weighted by molar-refractivity contribution is 0.0532. The van der Waals surface area contributed by atoms with Crippen LogP contribution in [0.5, 0.6) is 0 Å². The van der Waals surface area contributed by atoms with Gasteiger partial charge in [0.1, 0.15) is 0 Å². The molecule has 0 atom stereocenters. The number of aromatic nitrogens is 1. The van der Waals surface area contributed by atoms with Crippen molar-refractivity contribution in [2.24, 2.45) is 0 Å². The first-order valence-corrected chi connectivity index (χ1v) is 9.32. The van der Waals surface area contributed by atoms with E-state index in [1.807, 2.05) is 0 Å². The highest BCUT2D eigenvalue weighted by molar-refractivity contribution is 7.73. The molecule has 1 aliphatic heterocycles. The topological polar surface area (TPSA) is 99.7 Å². The quantitative estimate of drug-likeness (QED) is 0.749. The summed E-state index contributed by atoms with van der Waals surface area (Å²) in [7, 11) is -2.76. The van der Waals surface area contributed by atoms with Gasteiger partial charge >= 0.3 is 0 Å². The number of amides is 2. The van der Waals surface area contributed by atoms with Crippen molar-refractivity contribution in [2.45, 2.75) is 0 Å². The number of nitrogens with one attached hydrogen (secondary N) is 1. The zero-order valence-corrected chi connectivity index (χ0v) is 15.1. The Kier molecular flexibility index (Phi) is 5.65. The molecule has 1 aromatic heterocycles. The minimum Gasteiger partial charge on any atom is -0.335 e. The summed E-state index contributed by atoms with van der Waals surface area (Å²) in [5.74, 6) is -1.31. The highest BCUT2D eigenvalue weighted by Crippen LogP contribution is 2.15. The summed E-state index contributed by atoms with van der Waals surface area (Å²) < 4.78 is 37.2. The fourth-order valence-electron chi connectivity index (χ4n) is 2.81. The van der Waals surface area contributed by atoms with E-state index in [2.05, 4.69) is 9.71 Å². The van der Waals surface area contributed by atoms with Gasteiger partial charge in [0.05, 0.1) is 11.8 Å². The third-order valence-electron chi connectivity index (χ3n) is 4.21. The van der Waals surface area contributed by atoms with Crippen molar-refractivity contribution in [1.29, 1.82) is 0 Å². The van der Waals surface area contributed by atoms with Gasteiger partial charge in [0.2, 0.25) is 10.9 Å². The molecule has 2 heterocycles. The van der Waals surface area contributed by atoms with Crippen LogP contribution in [0.1, 0.15) is 20.7 Å². The lowest BCUT2D eigenvalue weighted by Crippen LogP contribution is -2.50. The molecule has 0 unspecified atom stereocenters. The van der Waals surface area contributed by atoms with Gasteiger partial charge < -0.3 is 9.80 Å². The molecular weight excluding hydrogens is 375 g/mol. The van der Waals surface area contributed by atoms with Crippen molar-refractivity contribution in [1.82, 2.24) is 14.8 Å². The molecule has 0 aliphatic carbocycles. The van der Waals surface area contributed by atoms with Gasteiger partial charge in [-0.05, 0) is 30.3 Å². The third kappa shape index (κ3) is 4.40. The Morgan fingerprint density at radius 3 is 2.11 bits per heavy atom. The zero-order chi connectivity index (χ0) is 19.4. The standard InChI is InChI=1S/C17H17FN4O4S/c18-15-11-19-6-5-14(15)17(24)22-9-7-21(8-10-22)16(23)12-1-3-13(4-2-12)20-27(25)26/h1-6,11,27H,7-10H2,(H,20,25,26). The van der Waals surface area contributed by atoms with Gasteiger partial charge in [-0.25, -0.2) is 12.8 Å². The smallest absolute Gasteiger partial charge is 0.257 e. The minimum atomic E-state index is -2.76. The van der Waals surface area contributed by atoms with E-state index in [-0.39, 0.29) is 11.5 Å². The molecule has 0 spiro atoms. The molecule has 10 heteroatoms. The van der Waals surface area contributed by atoms with Crippen molar-refractivity contribution < 1.29 is 22.4 Å². The van der Waals surface area contributed by atoms with E-state index in [0.717, 1.165) is 6.20 Å². The van der Waals surface area contributed by atoms with Crippen molar-refractivity contribution in [3.05, 3.63) is 59.7 Å². The molecule has 1 fully saturated rings. The van der Waals surface area contributed by atoms with Crippen molar-refractivity contribution in [3.8, 4) is 0 Å². The van der Waals surface area contributed by atoms with E-state index in [4.69, 9.17) is 0 Å². The van der Waals surface area contributed by atoms with Gasteiger partial charge in [-0.2, -0.15) is 0 Å². The molecule has 3 rings (SSSR count). The van der Waals surface area contributed by atoms with Crippen LogP contribution in [0.3, 0.4) is 0 Å². The van der Waals surface area contributed by atoms with Crippen LogP contribution in [0.15, 0.2) is 42.7 Å². The number of carbonyl (C=O) groups is 2. The van der Waals surface area contributed by atoms with Crippen LogP contribution in [0, 0.1) is 5.82 Å². The van der Waals surface area contributed by atoms with Crippen LogP contribution in [-0.2, 0) is 10.9 Å². The largest absolute Gasteiger partial charge is 0.335 e. The molecule has 8 nitrogen and oxygen atoms in total. The van der Waals surface area contributed by atoms with E-state index < -0.39 is 22.6 Å². The number of benzene rings is 1. The summed E-state index contributed by atoms with van der Waals surface area (Å²) in [6.45, 7) is 1.23. The molecule has 27 heavy (non-hydrogen) atoms. The number of halogens is 1. The molecular formula is C17H17FN4O4S. The van der Waals surface area contributed by atoms with Gasteiger partial charge in [0.15, 0.2) is 5.82 Å². The first kappa shape index (κ1) is 18.8. The first-order chi connectivity index (χ1) is 13.0. The second kappa shape index (κ2) is 8.12. The Labute approximate surface area is 156 Å². The van der Waals surface area contributed by atoms with Crippen molar-refractivity contribution in [2.75, 3.05) is 30.9 Å². The number of carbonyl (C=O) groups excluding carboxylic acids is 2. The van der Waals surface area contributed by atoms with Crippen LogP contribution in [-0.4, -0.2) is 61.2 Å². The van der Waals surface area contributed by atoms with Gasteiger partial charge in [0, 0.05) is 43.6 Å². The Morgan fingerprint density at radius 2 is 1.56 bits per heavy atom. The summed E-state index contributed by atoms with van der Waals surface area (Å²) in [4.78, 5) is 31.7. The molecule has 0 radical (unpaired) electrons. The van der Waals surface area contributed by atoms with Gasteiger partial charge in [-0.1, -0.05) is 0 Å². The average molecular weight is 392 g/mol. The normalized spacial score (nSPS) is 14.3. The number of nitrogens with zero attached hydrogens (tertiary/aromatic N) is 3. The summed E-state index contributed by atoms with van der Waals surface area (Å²) in [6, 6.07) is 7.41. The predicted molar refractivity (Wildman–Crippen MR) is 96.4 cm³/mol. The molecule has 142 valence electrons. The van der Waals surface area contributed by atoms with E-state index >= 15 is 0 Å². The maximum Gasteiger partial charge on any atom is 0.257 e. The summed E-state index contributed by atoms with van der Waals surface area (Å²) in [5, 5.41) is 0. The van der Waals surface area contributed by atoms with E-state index in [9.17, 15) is 22.4 Å². The van der Waals surface area contributed by atoms with Crippen LogP contribution in [0.25, 0.3) is 0 Å². The lowest BCUT2D eigenvalue weighted by atomic mass is 10.1. The maximum absolute atomic E-state index is 13.7. The minimum absolute atomic E-state index is 0.0374. The number of hydrogen-bond acceptors (Lipinski definition) is 5. The fraction of sp³-hybridized carbons (Fsp3) is 0.235. The number of hydrogen-bond donors (Lipinski definition) is 2. The zero-order valence-electron chi connectivity index (χ0n) is 14.2. The number of pyridine rings is 1. The monoisotopic (exact) mass is 392 g/mol. The Balaban J connectivity index is 1.61. The van der Waals surface area contributed by atoms with Crippen LogP contribution >= 0.6 is 0 Å². The predicted octanol–water partition coefficient (Wildman–Crippen LogP) is 0.757. The lowest BCUT2D eigenvalue weighted by Gasteiger charge is -2.34. The first-order valence-electron chi connectivity index (χ1n) is 8.15. The maximum atomic E-state index is 13.7. The summed E-state index contributed by atoms with van der Waals surface area (Å²) in [6.07, 6.45) is 2.35. The van der Waals surface area contributed by atoms with Crippen molar-refractivity contribution >= 4 is 28.4 Å². The van der Waals surface area contributed by atoms with Crippen molar-refractivity contribution in [3.63, 3.8) is 0 Å². The number of thiol groups is 1. The van der Waals surface area contributed by atoms with Crippen LogP contribution in [0.2, 0.25) is 0 Å². The summed E-state index contributed by atoms with van der Waals surface area (Å²) >= 11 is 0. The highest BCUT2D eigenvalue weighted by atomic mass is 32.2. The van der Waals surface area contributed by atoms with E-state index in [1.165, 1.54) is 41.4 Å². The molecule has 0 saturated carbocycles. The van der Waals surface area contributed by atoms with Crippen LogP contribution in [0.4, 0.5) is 10.1 Å². The fourth-order valence-corrected chi connectivity index (χ4v) is 3.17. The number of anilines is 1. The molecule has 1 saturated heterocycles. The highest BCUT2D eigenvalue weighted by Gasteiger charge is 2.26. The molecule has 2 aromatic rings. The number of piperazine rings is 1.